The van der Waals surface area contributed by atoms with Crippen LogP contribution in [0.25, 0.3) is 11.1 Å². The Balaban J connectivity index is 1.27. The van der Waals surface area contributed by atoms with Gasteiger partial charge >= 0.3 is 6.03 Å². The van der Waals surface area contributed by atoms with E-state index in [0.717, 1.165) is 29.2 Å². The van der Waals surface area contributed by atoms with Crippen molar-refractivity contribution < 1.29 is 18.7 Å². The second-order valence-electron chi connectivity index (χ2n) is 7.64. The largest absolute Gasteiger partial charge is 0.431 e. The van der Waals surface area contributed by atoms with Gasteiger partial charge in [-0.2, -0.15) is 0 Å². The molecule has 11 heteroatoms. The SMILES string of the molecule is CN1C(=O)NC(=O)C2C1N=C(N1CCOCC1)N2CCCSc1nc2ccccc2o1. The van der Waals surface area contributed by atoms with Gasteiger partial charge in [0, 0.05) is 32.4 Å². The molecule has 2 saturated heterocycles. The molecule has 3 aliphatic rings. The van der Waals surface area contributed by atoms with Gasteiger partial charge in [-0.25, -0.2) is 14.8 Å². The molecule has 2 atom stereocenters. The average molecular weight is 445 g/mol. The average Bonchev–Trinajstić information content (AvgIpc) is 3.37. The third kappa shape index (κ3) is 3.83. The fourth-order valence-electron chi connectivity index (χ4n) is 4.08. The van der Waals surface area contributed by atoms with Gasteiger partial charge in [0.15, 0.2) is 23.8 Å². The van der Waals surface area contributed by atoms with Gasteiger partial charge in [0.05, 0.1) is 13.2 Å². The predicted octanol–water partition coefficient (Wildman–Crippen LogP) is 1.19. The number of hydrogen-bond acceptors (Lipinski definition) is 9. The molecule has 3 aliphatic heterocycles. The molecular formula is C20H24N6O4S. The smallest absolute Gasteiger partial charge is 0.325 e. The van der Waals surface area contributed by atoms with Crippen molar-refractivity contribution in [3.8, 4) is 0 Å². The number of oxazole rings is 1. The third-order valence-electron chi connectivity index (χ3n) is 5.68. The predicted molar refractivity (Wildman–Crippen MR) is 115 cm³/mol. The van der Waals surface area contributed by atoms with E-state index in [-0.39, 0.29) is 5.91 Å². The van der Waals surface area contributed by atoms with E-state index in [0.29, 0.717) is 38.1 Å². The summed E-state index contributed by atoms with van der Waals surface area (Å²) in [4.78, 5) is 39.7. The van der Waals surface area contributed by atoms with Crippen LogP contribution >= 0.6 is 11.8 Å². The van der Waals surface area contributed by atoms with Crippen LogP contribution in [0.4, 0.5) is 4.79 Å². The van der Waals surface area contributed by atoms with Crippen molar-refractivity contribution in [2.75, 3.05) is 45.6 Å². The molecule has 5 rings (SSSR count). The number of likely N-dealkylation sites (N-methyl/N-ethyl adjacent to an activating group) is 1. The number of amides is 3. The molecule has 2 aromatic rings. The van der Waals surface area contributed by atoms with Crippen LogP contribution in [0.3, 0.4) is 0 Å². The minimum absolute atomic E-state index is 0.299. The number of benzene rings is 1. The maximum Gasteiger partial charge on any atom is 0.325 e. The summed E-state index contributed by atoms with van der Waals surface area (Å²) in [6.45, 7) is 3.31. The van der Waals surface area contributed by atoms with Crippen LogP contribution in [-0.2, 0) is 9.53 Å². The van der Waals surface area contributed by atoms with Crippen LogP contribution in [0.5, 0.6) is 0 Å². The van der Waals surface area contributed by atoms with Crippen LogP contribution in [-0.4, -0.2) is 95.4 Å². The Kier molecular flexibility index (Phi) is 5.45. The molecule has 2 fully saturated rings. The van der Waals surface area contributed by atoms with Gasteiger partial charge in [-0.05, 0) is 18.6 Å². The number of morpholine rings is 1. The molecule has 0 aliphatic carbocycles. The standard InChI is InChI=1S/C20H24N6O4S/c1-24-16-15(17(27)23-19(24)28)26(18(22-16)25-8-10-29-11-9-25)7-4-12-31-20-21-13-5-2-3-6-14(13)30-20/h2-3,5-6,15-16H,4,7-12H2,1H3,(H,23,27,28). The Morgan fingerprint density at radius 2 is 2.03 bits per heavy atom. The number of hydrogen-bond donors (Lipinski definition) is 1. The number of fused-ring (bicyclic) bond motifs is 2. The number of rotatable bonds is 5. The molecule has 1 N–H and O–H groups in total. The van der Waals surface area contributed by atoms with E-state index in [1.165, 1.54) is 4.90 Å². The van der Waals surface area contributed by atoms with Crippen molar-refractivity contribution in [3.63, 3.8) is 0 Å². The monoisotopic (exact) mass is 444 g/mol. The number of thioether (sulfide) groups is 1. The minimum atomic E-state index is -0.519. The lowest BCUT2D eigenvalue weighted by atomic mass is 10.1. The maximum absolute atomic E-state index is 12.7. The van der Waals surface area contributed by atoms with Crippen molar-refractivity contribution in [2.24, 2.45) is 4.99 Å². The molecule has 0 saturated carbocycles. The normalized spacial score (nSPS) is 23.9. The third-order valence-corrected chi connectivity index (χ3v) is 6.59. The Bertz CT molecular complexity index is 987. The van der Waals surface area contributed by atoms with E-state index in [1.807, 2.05) is 29.2 Å². The topological polar surface area (TPSA) is 104 Å². The van der Waals surface area contributed by atoms with Crippen LogP contribution in [0.1, 0.15) is 6.42 Å². The highest BCUT2D eigenvalue weighted by Crippen LogP contribution is 2.27. The van der Waals surface area contributed by atoms with Gasteiger partial charge in [0.25, 0.3) is 11.1 Å². The lowest BCUT2D eigenvalue weighted by Crippen LogP contribution is -2.64. The molecule has 1 aromatic carbocycles. The Labute approximate surface area is 183 Å². The molecule has 164 valence electrons. The highest BCUT2D eigenvalue weighted by atomic mass is 32.2. The zero-order valence-corrected chi connectivity index (χ0v) is 18.0. The second kappa shape index (κ2) is 8.39. The van der Waals surface area contributed by atoms with Crippen molar-refractivity contribution in [2.45, 2.75) is 23.9 Å². The van der Waals surface area contributed by atoms with E-state index in [2.05, 4.69) is 15.2 Å². The molecule has 0 radical (unpaired) electrons. The lowest BCUT2D eigenvalue weighted by molar-refractivity contribution is -0.127. The van der Waals surface area contributed by atoms with Gasteiger partial charge < -0.3 is 23.9 Å². The minimum Gasteiger partial charge on any atom is -0.431 e. The highest BCUT2D eigenvalue weighted by molar-refractivity contribution is 7.99. The molecule has 2 unspecified atom stereocenters. The van der Waals surface area contributed by atoms with Crippen LogP contribution in [0, 0.1) is 0 Å². The summed E-state index contributed by atoms with van der Waals surface area (Å²) in [5, 5.41) is 3.09. The molecular weight excluding hydrogens is 420 g/mol. The lowest BCUT2D eigenvalue weighted by Gasteiger charge is -2.38. The zero-order chi connectivity index (χ0) is 21.4. The number of carbonyl (C=O) groups excluding carboxylic acids is 2. The van der Waals surface area contributed by atoms with Gasteiger partial charge in [-0.3, -0.25) is 10.1 Å². The number of nitrogens with zero attached hydrogens (tertiary/aromatic N) is 5. The first kappa shape index (κ1) is 20.1. The molecule has 1 aromatic heterocycles. The number of carbonyl (C=O) groups is 2. The van der Waals surface area contributed by atoms with Crippen LogP contribution in [0.15, 0.2) is 38.9 Å². The number of para-hydroxylation sites is 2. The summed E-state index contributed by atoms with van der Waals surface area (Å²) in [6, 6.07) is 6.76. The molecule has 31 heavy (non-hydrogen) atoms. The summed E-state index contributed by atoms with van der Waals surface area (Å²) in [5.41, 5.74) is 1.63. The Morgan fingerprint density at radius 1 is 1.23 bits per heavy atom. The fourth-order valence-corrected chi connectivity index (χ4v) is 4.84. The summed E-state index contributed by atoms with van der Waals surface area (Å²) in [6.07, 6.45) is 0.296. The summed E-state index contributed by atoms with van der Waals surface area (Å²) < 4.78 is 11.2. The van der Waals surface area contributed by atoms with E-state index in [4.69, 9.17) is 14.1 Å². The van der Waals surface area contributed by atoms with Gasteiger partial charge in [-0.1, -0.05) is 23.9 Å². The molecule has 10 nitrogen and oxygen atoms in total. The maximum atomic E-state index is 12.7. The fraction of sp³-hybridized carbons (Fsp3) is 0.500. The quantitative estimate of drug-likeness (QED) is 0.542. The first-order chi connectivity index (χ1) is 15.1. The zero-order valence-electron chi connectivity index (χ0n) is 17.2. The summed E-state index contributed by atoms with van der Waals surface area (Å²) >= 11 is 1.55. The Morgan fingerprint density at radius 3 is 2.84 bits per heavy atom. The van der Waals surface area contributed by atoms with Gasteiger partial charge in [-0.15, -0.1) is 0 Å². The van der Waals surface area contributed by atoms with Crippen molar-refractivity contribution >= 4 is 40.8 Å². The molecule has 0 spiro atoms. The summed E-state index contributed by atoms with van der Waals surface area (Å²) in [5.74, 6) is 1.25. The number of imide groups is 1. The van der Waals surface area contributed by atoms with E-state index >= 15 is 0 Å². The van der Waals surface area contributed by atoms with Crippen LogP contribution < -0.4 is 5.32 Å². The first-order valence-electron chi connectivity index (χ1n) is 10.3. The van der Waals surface area contributed by atoms with Gasteiger partial charge in [0.2, 0.25) is 0 Å². The van der Waals surface area contributed by atoms with E-state index in [9.17, 15) is 9.59 Å². The summed E-state index contributed by atoms with van der Waals surface area (Å²) in [7, 11) is 1.67. The molecule has 4 heterocycles. The Hall–Kier alpha value is -2.79. The van der Waals surface area contributed by atoms with Crippen molar-refractivity contribution in [1.29, 1.82) is 0 Å². The van der Waals surface area contributed by atoms with E-state index in [1.54, 1.807) is 18.8 Å². The molecule has 0 bridgehead atoms. The van der Waals surface area contributed by atoms with Crippen molar-refractivity contribution in [3.05, 3.63) is 24.3 Å². The number of aromatic nitrogens is 1. The van der Waals surface area contributed by atoms with Gasteiger partial charge in [0.1, 0.15) is 5.52 Å². The van der Waals surface area contributed by atoms with Crippen LogP contribution in [0.2, 0.25) is 0 Å². The number of urea groups is 1. The van der Waals surface area contributed by atoms with Crippen molar-refractivity contribution in [1.82, 2.24) is 25.0 Å². The second-order valence-corrected chi connectivity index (χ2v) is 8.68. The van der Waals surface area contributed by atoms with E-state index < -0.39 is 18.2 Å². The number of aliphatic imine (C=N–C) groups is 1. The highest BCUT2D eigenvalue weighted by Gasteiger charge is 2.49. The molecule has 3 amide bonds. The number of ether oxygens (including phenoxy) is 1. The number of guanidine groups is 1. The first-order valence-corrected chi connectivity index (χ1v) is 11.3. The number of nitrogens with one attached hydrogen (secondary N) is 1.